The van der Waals surface area contributed by atoms with Gasteiger partial charge in [-0.15, -0.1) is 11.8 Å². The smallest absolute Gasteiger partial charge is 0.305 e. The van der Waals surface area contributed by atoms with E-state index in [0.29, 0.717) is 17.1 Å². The second kappa shape index (κ2) is 13.9. The van der Waals surface area contributed by atoms with Crippen molar-refractivity contribution in [1.29, 1.82) is 0 Å². The zero-order valence-electron chi connectivity index (χ0n) is 22.1. The number of carbonyl (C=O) groups excluding carboxylic acids is 2. The van der Waals surface area contributed by atoms with Crippen LogP contribution in [0.25, 0.3) is 0 Å². The van der Waals surface area contributed by atoms with Gasteiger partial charge in [0.05, 0.1) is 24.8 Å². The number of ketones is 1. The van der Waals surface area contributed by atoms with Gasteiger partial charge in [0, 0.05) is 18.1 Å². The van der Waals surface area contributed by atoms with Crippen LogP contribution >= 0.6 is 11.8 Å². The van der Waals surface area contributed by atoms with Gasteiger partial charge in [-0.05, 0) is 31.2 Å². The van der Waals surface area contributed by atoms with E-state index in [1.54, 1.807) is 6.92 Å². The van der Waals surface area contributed by atoms with Crippen molar-refractivity contribution < 1.29 is 24.1 Å². The number of amides is 1. The van der Waals surface area contributed by atoms with E-state index < -0.39 is 35.9 Å². The Bertz CT molecular complexity index is 1370. The van der Waals surface area contributed by atoms with Crippen LogP contribution in [0, 0.1) is 12.8 Å². The molecule has 1 aromatic carbocycles. The number of carbonyl (C=O) groups is 3. The molecule has 2 unspecified atom stereocenters. The maximum Gasteiger partial charge on any atom is 0.305 e. The van der Waals surface area contributed by atoms with E-state index in [9.17, 15) is 24.3 Å². The average molecular weight is 569 g/mol. The van der Waals surface area contributed by atoms with Gasteiger partial charge in [0.15, 0.2) is 11.6 Å². The lowest BCUT2D eigenvalue weighted by molar-refractivity contribution is -0.140. The molecular formula is C27H32N6O6S. The normalized spacial score (nSPS) is 14.9. The number of hydrogen-bond acceptors (Lipinski definition) is 10. The number of carboxylic acid groups (broad SMARTS) is 1. The zero-order chi connectivity index (χ0) is 28.5. The van der Waals surface area contributed by atoms with E-state index in [4.69, 9.17) is 0 Å². The van der Waals surface area contributed by atoms with Crippen LogP contribution in [0.1, 0.15) is 55.1 Å². The third-order valence-electron chi connectivity index (χ3n) is 6.89. The summed E-state index contributed by atoms with van der Waals surface area (Å²) >= 11 is 1.35. The Morgan fingerprint density at radius 3 is 2.60 bits per heavy atom. The van der Waals surface area contributed by atoms with Gasteiger partial charge in [-0.25, -0.2) is 9.61 Å². The van der Waals surface area contributed by atoms with Crippen molar-refractivity contribution in [3.05, 3.63) is 70.0 Å². The molecule has 12 nitrogen and oxygen atoms in total. The van der Waals surface area contributed by atoms with Gasteiger partial charge in [-0.2, -0.15) is 0 Å². The van der Waals surface area contributed by atoms with E-state index in [0.717, 1.165) is 31.2 Å². The van der Waals surface area contributed by atoms with E-state index in [2.05, 4.69) is 30.6 Å². The standard InChI is InChI=1S/C27H32N6O6S/c1-17-21(32-39-31-17)14-29-25-27(38)33(12-11-28-25)24(19-9-5-6-10-19)26(37)30-20(13-23(35)36)22(34)16-40-15-18-7-3-2-4-8-18/h2-4,7-8,11-12,19-20,24H,5-6,9-10,13-16H2,1H3,(H,28,29)(H,30,37)(H,35,36). The summed E-state index contributed by atoms with van der Waals surface area (Å²) in [6, 6.07) is 7.47. The van der Waals surface area contributed by atoms with E-state index >= 15 is 0 Å². The molecule has 2 heterocycles. The van der Waals surface area contributed by atoms with Crippen LogP contribution in [0.5, 0.6) is 0 Å². The van der Waals surface area contributed by atoms with Gasteiger partial charge in [-0.1, -0.05) is 53.5 Å². The van der Waals surface area contributed by atoms with Crippen molar-refractivity contribution in [2.45, 2.75) is 63.4 Å². The molecule has 4 rings (SSSR count). The highest BCUT2D eigenvalue weighted by Gasteiger charge is 2.35. The zero-order valence-corrected chi connectivity index (χ0v) is 22.9. The number of benzene rings is 1. The molecule has 1 fully saturated rings. The minimum absolute atomic E-state index is 0.0242. The fraction of sp³-hybridized carbons (Fsp3) is 0.444. The molecule has 3 N–H and O–H groups in total. The topological polar surface area (TPSA) is 169 Å². The maximum absolute atomic E-state index is 13.7. The van der Waals surface area contributed by atoms with Crippen molar-refractivity contribution >= 4 is 35.2 Å². The van der Waals surface area contributed by atoms with Gasteiger partial charge in [-0.3, -0.25) is 23.7 Å². The maximum atomic E-state index is 13.7. The van der Waals surface area contributed by atoms with Crippen LogP contribution < -0.4 is 16.2 Å². The lowest BCUT2D eigenvalue weighted by atomic mass is 9.96. The number of aryl methyl sites for hydroxylation is 1. The van der Waals surface area contributed by atoms with Crippen LogP contribution in [-0.2, 0) is 26.7 Å². The molecular weight excluding hydrogens is 536 g/mol. The fourth-order valence-corrected chi connectivity index (χ4v) is 5.74. The molecule has 0 bridgehead atoms. The van der Waals surface area contributed by atoms with Crippen LogP contribution in [0.3, 0.4) is 0 Å². The summed E-state index contributed by atoms with van der Waals surface area (Å²) in [7, 11) is 0. The van der Waals surface area contributed by atoms with Crippen molar-refractivity contribution in [2.75, 3.05) is 11.1 Å². The highest BCUT2D eigenvalue weighted by molar-refractivity contribution is 7.99. The van der Waals surface area contributed by atoms with Gasteiger partial charge < -0.3 is 15.7 Å². The van der Waals surface area contributed by atoms with E-state index in [1.165, 1.54) is 28.7 Å². The Kier molecular flexibility index (Phi) is 10.1. The predicted octanol–water partition coefficient (Wildman–Crippen LogP) is 2.74. The van der Waals surface area contributed by atoms with Crippen LogP contribution in [-0.4, -0.2) is 54.4 Å². The summed E-state index contributed by atoms with van der Waals surface area (Å²) in [4.78, 5) is 55.8. The third kappa shape index (κ3) is 7.56. The summed E-state index contributed by atoms with van der Waals surface area (Å²) in [6.07, 6.45) is 5.59. The number of nitrogens with zero attached hydrogens (tertiary/aromatic N) is 4. The largest absolute Gasteiger partial charge is 0.481 e. The molecule has 0 spiro atoms. The summed E-state index contributed by atoms with van der Waals surface area (Å²) in [6.45, 7) is 1.87. The highest BCUT2D eigenvalue weighted by atomic mass is 32.2. The molecule has 2 atom stereocenters. The minimum Gasteiger partial charge on any atom is -0.481 e. The Balaban J connectivity index is 1.50. The summed E-state index contributed by atoms with van der Waals surface area (Å²) in [5.41, 5.74) is 1.62. The number of aliphatic carboxylic acids is 1. The second-order valence-corrected chi connectivity index (χ2v) is 10.7. The number of aromatic nitrogens is 4. The van der Waals surface area contributed by atoms with Crippen LogP contribution in [0.2, 0.25) is 0 Å². The first-order valence-corrected chi connectivity index (χ1v) is 14.2. The first-order valence-electron chi connectivity index (χ1n) is 13.1. The Labute approximate surface area is 234 Å². The van der Waals surface area contributed by atoms with E-state index in [1.807, 2.05) is 30.3 Å². The number of thioether (sulfide) groups is 1. The number of hydrogen-bond donors (Lipinski definition) is 3. The van der Waals surface area contributed by atoms with Crippen molar-refractivity contribution in [1.82, 2.24) is 25.2 Å². The van der Waals surface area contributed by atoms with Crippen molar-refractivity contribution in [3.63, 3.8) is 0 Å². The Hall–Kier alpha value is -4.00. The molecule has 3 aromatic rings. The van der Waals surface area contributed by atoms with Gasteiger partial charge in [0.2, 0.25) is 5.91 Å². The Morgan fingerprint density at radius 1 is 1.18 bits per heavy atom. The quantitative estimate of drug-likeness (QED) is 0.261. The lowest BCUT2D eigenvalue weighted by Crippen LogP contribution is -2.48. The van der Waals surface area contributed by atoms with Gasteiger partial charge in [0.1, 0.15) is 17.4 Å². The minimum atomic E-state index is -1.21. The number of carboxylic acids is 1. The lowest BCUT2D eigenvalue weighted by Gasteiger charge is -2.27. The third-order valence-corrected chi connectivity index (χ3v) is 7.92. The van der Waals surface area contributed by atoms with Crippen LogP contribution in [0.4, 0.5) is 5.82 Å². The second-order valence-electron chi connectivity index (χ2n) is 9.73. The van der Waals surface area contributed by atoms with Crippen molar-refractivity contribution in [2.24, 2.45) is 5.92 Å². The number of rotatable bonds is 14. The highest BCUT2D eigenvalue weighted by Crippen LogP contribution is 2.34. The van der Waals surface area contributed by atoms with Gasteiger partial charge >= 0.3 is 5.97 Å². The molecule has 2 aromatic heterocycles. The molecule has 13 heteroatoms. The Morgan fingerprint density at radius 2 is 1.93 bits per heavy atom. The first-order chi connectivity index (χ1) is 19.3. The summed E-state index contributed by atoms with van der Waals surface area (Å²) < 4.78 is 6.01. The molecule has 0 radical (unpaired) electrons. The average Bonchev–Trinajstić information content (AvgIpc) is 3.61. The van der Waals surface area contributed by atoms with Crippen LogP contribution in [0.15, 0.2) is 52.1 Å². The predicted molar refractivity (Wildman–Crippen MR) is 148 cm³/mol. The fourth-order valence-electron chi connectivity index (χ4n) is 4.80. The molecule has 0 aliphatic heterocycles. The number of nitrogens with one attached hydrogen (secondary N) is 2. The molecule has 1 amide bonds. The summed E-state index contributed by atoms with van der Waals surface area (Å²) in [5, 5.41) is 22.6. The van der Waals surface area contributed by atoms with E-state index in [-0.39, 0.29) is 29.8 Å². The molecule has 40 heavy (non-hydrogen) atoms. The molecule has 212 valence electrons. The monoisotopic (exact) mass is 568 g/mol. The number of Topliss-reactive ketones (excluding diaryl/α,β-unsaturated/α-hetero) is 1. The van der Waals surface area contributed by atoms with Gasteiger partial charge in [0.25, 0.3) is 5.56 Å². The molecule has 1 aliphatic carbocycles. The summed E-state index contributed by atoms with van der Waals surface area (Å²) in [5.74, 6) is -1.65. The SMILES string of the molecule is Cc1nonc1CNc1nccn(C(C(=O)NC(CC(=O)O)C(=O)CSCc2ccccc2)C2CCCC2)c1=O. The molecule has 1 aliphatic rings. The van der Waals surface area contributed by atoms with Crippen molar-refractivity contribution in [3.8, 4) is 0 Å². The first kappa shape index (κ1) is 29.0. The molecule has 1 saturated carbocycles. The molecule has 0 saturated heterocycles. The number of anilines is 1.